The van der Waals surface area contributed by atoms with Crippen LogP contribution in [0, 0.1) is 5.41 Å². The summed E-state index contributed by atoms with van der Waals surface area (Å²) in [5, 5.41) is 6.82. The fourth-order valence-electron chi connectivity index (χ4n) is 2.36. The summed E-state index contributed by atoms with van der Waals surface area (Å²) < 4.78 is 0. The highest BCUT2D eigenvalue weighted by molar-refractivity contribution is 5.79. The number of aromatic nitrogens is 1. The van der Waals surface area contributed by atoms with Gasteiger partial charge >= 0.3 is 0 Å². The summed E-state index contributed by atoms with van der Waals surface area (Å²) in [6.07, 6.45) is 9.82. The Hall–Kier alpha value is -1.58. The predicted octanol–water partition coefficient (Wildman–Crippen LogP) is 3.40. The number of nitrogens with one attached hydrogen (secondary N) is 2. The SMILES string of the molecule is CCCCCC(C)(C)CNC(=NC)NCCc1cccnc1. The van der Waals surface area contributed by atoms with Crippen molar-refractivity contribution < 1.29 is 0 Å². The highest BCUT2D eigenvalue weighted by Gasteiger charge is 2.17. The van der Waals surface area contributed by atoms with Crippen molar-refractivity contribution in [1.29, 1.82) is 0 Å². The Bertz CT molecular complexity index is 426. The number of pyridine rings is 1. The Morgan fingerprint density at radius 2 is 2.09 bits per heavy atom. The van der Waals surface area contributed by atoms with E-state index < -0.39 is 0 Å². The first-order valence-electron chi connectivity index (χ1n) is 8.41. The molecule has 0 aliphatic carbocycles. The van der Waals surface area contributed by atoms with E-state index in [1.165, 1.54) is 31.2 Å². The first-order chi connectivity index (χ1) is 10.6. The third-order valence-corrected chi connectivity index (χ3v) is 3.84. The average molecular weight is 304 g/mol. The number of aliphatic imine (C=N–C) groups is 1. The van der Waals surface area contributed by atoms with Crippen LogP contribution in [-0.2, 0) is 6.42 Å². The summed E-state index contributed by atoms with van der Waals surface area (Å²) in [5.74, 6) is 0.882. The molecule has 2 N–H and O–H groups in total. The van der Waals surface area contributed by atoms with Crippen LogP contribution in [-0.4, -0.2) is 31.1 Å². The Labute approximate surface area is 135 Å². The lowest BCUT2D eigenvalue weighted by Crippen LogP contribution is -2.42. The predicted molar refractivity (Wildman–Crippen MR) is 95.2 cm³/mol. The molecule has 0 aromatic carbocycles. The minimum Gasteiger partial charge on any atom is -0.356 e. The number of hydrogen-bond acceptors (Lipinski definition) is 2. The molecule has 0 spiro atoms. The highest BCUT2D eigenvalue weighted by Crippen LogP contribution is 2.22. The summed E-state index contributed by atoms with van der Waals surface area (Å²) >= 11 is 0. The highest BCUT2D eigenvalue weighted by atomic mass is 15.2. The Morgan fingerprint density at radius 3 is 2.73 bits per heavy atom. The van der Waals surface area contributed by atoms with Crippen molar-refractivity contribution in [3.8, 4) is 0 Å². The molecule has 0 fully saturated rings. The van der Waals surface area contributed by atoms with E-state index in [4.69, 9.17) is 0 Å². The van der Waals surface area contributed by atoms with Gasteiger partial charge in [-0.15, -0.1) is 0 Å². The lowest BCUT2D eigenvalue weighted by Gasteiger charge is -2.26. The van der Waals surface area contributed by atoms with Crippen LogP contribution in [0.3, 0.4) is 0 Å². The molecule has 1 aromatic heterocycles. The number of hydrogen-bond donors (Lipinski definition) is 2. The maximum Gasteiger partial charge on any atom is 0.191 e. The van der Waals surface area contributed by atoms with Crippen LogP contribution >= 0.6 is 0 Å². The molecule has 1 rings (SSSR count). The molecule has 1 aromatic rings. The smallest absolute Gasteiger partial charge is 0.191 e. The molecular weight excluding hydrogens is 272 g/mol. The van der Waals surface area contributed by atoms with Crippen LogP contribution < -0.4 is 10.6 Å². The van der Waals surface area contributed by atoms with Crippen molar-refractivity contribution in [1.82, 2.24) is 15.6 Å². The van der Waals surface area contributed by atoms with Gasteiger partial charge in [-0.3, -0.25) is 9.98 Å². The molecular formula is C18H32N4. The van der Waals surface area contributed by atoms with Gasteiger partial charge in [0, 0.05) is 32.5 Å². The zero-order valence-electron chi connectivity index (χ0n) is 14.7. The van der Waals surface area contributed by atoms with Crippen LogP contribution in [0.4, 0.5) is 0 Å². The molecule has 0 aliphatic heterocycles. The van der Waals surface area contributed by atoms with Crippen LogP contribution in [0.25, 0.3) is 0 Å². The van der Waals surface area contributed by atoms with Gasteiger partial charge in [0.05, 0.1) is 0 Å². The molecule has 1 heterocycles. The molecule has 0 radical (unpaired) electrons. The number of rotatable bonds is 9. The molecule has 4 nitrogen and oxygen atoms in total. The van der Waals surface area contributed by atoms with Crippen molar-refractivity contribution >= 4 is 5.96 Å². The van der Waals surface area contributed by atoms with Gasteiger partial charge in [-0.05, 0) is 29.9 Å². The number of unbranched alkanes of at least 4 members (excludes halogenated alkanes) is 2. The third-order valence-electron chi connectivity index (χ3n) is 3.84. The van der Waals surface area contributed by atoms with Crippen molar-refractivity contribution in [2.45, 2.75) is 52.9 Å². The van der Waals surface area contributed by atoms with Gasteiger partial charge in [-0.25, -0.2) is 0 Å². The maximum absolute atomic E-state index is 4.30. The monoisotopic (exact) mass is 304 g/mol. The zero-order chi connectivity index (χ0) is 16.3. The lowest BCUT2D eigenvalue weighted by molar-refractivity contribution is 0.318. The van der Waals surface area contributed by atoms with Gasteiger partial charge in [0.25, 0.3) is 0 Å². The third kappa shape index (κ3) is 8.01. The van der Waals surface area contributed by atoms with E-state index in [-0.39, 0.29) is 0 Å². The number of guanidine groups is 1. The Kier molecular flexibility index (Phi) is 8.56. The van der Waals surface area contributed by atoms with E-state index in [2.05, 4.69) is 47.4 Å². The molecule has 124 valence electrons. The normalized spacial score (nSPS) is 12.3. The fourth-order valence-corrected chi connectivity index (χ4v) is 2.36. The van der Waals surface area contributed by atoms with Gasteiger partial charge < -0.3 is 10.6 Å². The van der Waals surface area contributed by atoms with Crippen LogP contribution in [0.1, 0.15) is 52.0 Å². The minimum absolute atomic E-state index is 0.302. The lowest BCUT2D eigenvalue weighted by atomic mass is 9.87. The summed E-state index contributed by atoms with van der Waals surface area (Å²) in [5.41, 5.74) is 1.54. The average Bonchev–Trinajstić information content (AvgIpc) is 2.52. The van der Waals surface area contributed by atoms with E-state index >= 15 is 0 Å². The van der Waals surface area contributed by atoms with Crippen molar-refractivity contribution in [3.63, 3.8) is 0 Å². The molecule has 0 bridgehead atoms. The van der Waals surface area contributed by atoms with Crippen LogP contribution in [0.15, 0.2) is 29.5 Å². The Balaban J connectivity index is 2.27. The van der Waals surface area contributed by atoms with E-state index in [0.717, 1.165) is 25.5 Å². The van der Waals surface area contributed by atoms with Crippen LogP contribution in [0.2, 0.25) is 0 Å². The molecule has 0 atom stereocenters. The summed E-state index contributed by atoms with van der Waals surface area (Å²) in [6, 6.07) is 4.07. The maximum atomic E-state index is 4.30. The van der Waals surface area contributed by atoms with Gasteiger partial charge in [0.1, 0.15) is 0 Å². The molecule has 0 unspecified atom stereocenters. The summed E-state index contributed by atoms with van der Waals surface area (Å²) in [4.78, 5) is 8.43. The van der Waals surface area contributed by atoms with E-state index in [1.54, 1.807) is 6.20 Å². The largest absolute Gasteiger partial charge is 0.356 e. The number of nitrogens with zero attached hydrogens (tertiary/aromatic N) is 2. The molecule has 0 saturated carbocycles. The van der Waals surface area contributed by atoms with Gasteiger partial charge in [-0.1, -0.05) is 46.1 Å². The van der Waals surface area contributed by atoms with Crippen molar-refractivity contribution in [3.05, 3.63) is 30.1 Å². The quantitative estimate of drug-likeness (QED) is 0.418. The van der Waals surface area contributed by atoms with E-state index in [0.29, 0.717) is 5.41 Å². The summed E-state index contributed by atoms with van der Waals surface area (Å²) in [7, 11) is 1.82. The van der Waals surface area contributed by atoms with E-state index in [1.807, 2.05) is 19.3 Å². The van der Waals surface area contributed by atoms with E-state index in [9.17, 15) is 0 Å². The topological polar surface area (TPSA) is 49.3 Å². The zero-order valence-corrected chi connectivity index (χ0v) is 14.7. The van der Waals surface area contributed by atoms with Gasteiger partial charge in [0.15, 0.2) is 5.96 Å². The second-order valence-electron chi connectivity index (χ2n) is 6.59. The Morgan fingerprint density at radius 1 is 1.27 bits per heavy atom. The van der Waals surface area contributed by atoms with Crippen LogP contribution in [0.5, 0.6) is 0 Å². The van der Waals surface area contributed by atoms with Gasteiger partial charge in [0.2, 0.25) is 0 Å². The molecule has 22 heavy (non-hydrogen) atoms. The first kappa shape index (κ1) is 18.5. The molecule has 4 heteroatoms. The van der Waals surface area contributed by atoms with Gasteiger partial charge in [-0.2, -0.15) is 0 Å². The second kappa shape index (κ2) is 10.2. The van der Waals surface area contributed by atoms with Crippen molar-refractivity contribution in [2.75, 3.05) is 20.1 Å². The minimum atomic E-state index is 0.302. The molecule has 0 amide bonds. The standard InChI is InChI=1S/C18H32N4/c1-5-6-7-11-18(2,3)15-22-17(19-4)21-13-10-16-9-8-12-20-14-16/h8-9,12,14H,5-7,10-11,13,15H2,1-4H3,(H2,19,21,22). The second-order valence-corrected chi connectivity index (χ2v) is 6.59. The summed E-state index contributed by atoms with van der Waals surface area (Å²) in [6.45, 7) is 8.70. The first-order valence-corrected chi connectivity index (χ1v) is 8.41. The van der Waals surface area contributed by atoms with Crippen molar-refractivity contribution in [2.24, 2.45) is 10.4 Å². The fraction of sp³-hybridized carbons (Fsp3) is 0.667. The molecule has 0 aliphatic rings. The molecule has 0 saturated heterocycles.